The van der Waals surface area contributed by atoms with Crippen molar-refractivity contribution in [2.75, 3.05) is 17.3 Å². The minimum absolute atomic E-state index is 0.00806. The highest BCUT2D eigenvalue weighted by Crippen LogP contribution is 2.30. The summed E-state index contributed by atoms with van der Waals surface area (Å²) in [6.45, 7) is 0. The molecule has 1 aliphatic rings. The first-order chi connectivity index (χ1) is 11.5. The average Bonchev–Trinajstić information content (AvgIpc) is 2.85. The van der Waals surface area contributed by atoms with Gasteiger partial charge in [-0.25, -0.2) is 9.29 Å². The van der Waals surface area contributed by atoms with Crippen molar-refractivity contribution in [1.82, 2.24) is 0 Å². The summed E-state index contributed by atoms with van der Waals surface area (Å²) in [4.78, 5) is 25.8. The van der Waals surface area contributed by atoms with E-state index in [1.54, 1.807) is 24.3 Å². The fraction of sp³-hybridized carbons (Fsp3) is 0.176. The molecule has 24 heavy (non-hydrogen) atoms. The number of carbonyl (C=O) groups excluding carboxylic acids is 2. The van der Waals surface area contributed by atoms with Gasteiger partial charge in [-0.3, -0.25) is 9.59 Å². The number of benzene rings is 2. The molecule has 1 fully saturated rings. The van der Waals surface area contributed by atoms with Gasteiger partial charge in [-0.2, -0.15) is 0 Å². The number of anilines is 2. The van der Waals surface area contributed by atoms with Gasteiger partial charge in [0.1, 0.15) is 17.6 Å². The molecule has 1 atom stereocenters. The number of amides is 2. The summed E-state index contributed by atoms with van der Waals surface area (Å²) >= 11 is 5.74. The second-order valence-corrected chi connectivity index (χ2v) is 5.67. The maximum atomic E-state index is 13.3. The van der Waals surface area contributed by atoms with Crippen LogP contribution in [0.2, 0.25) is 5.02 Å². The molecule has 1 N–H and O–H groups in total. The van der Waals surface area contributed by atoms with E-state index >= 15 is 0 Å². The second-order valence-electron chi connectivity index (χ2n) is 5.27. The van der Waals surface area contributed by atoms with Crippen LogP contribution in [0.1, 0.15) is 6.42 Å². The van der Waals surface area contributed by atoms with Gasteiger partial charge in [-0.1, -0.05) is 23.7 Å². The Morgan fingerprint density at radius 2 is 2.00 bits per heavy atom. The number of hydrogen-bond donors (Lipinski definition) is 1. The first-order valence-electron chi connectivity index (χ1n) is 7.22. The van der Waals surface area contributed by atoms with E-state index < -0.39 is 17.8 Å². The Labute approximate surface area is 143 Å². The van der Waals surface area contributed by atoms with Crippen LogP contribution in [-0.2, 0) is 9.59 Å². The molecule has 0 aromatic heterocycles. The van der Waals surface area contributed by atoms with Crippen LogP contribution in [-0.4, -0.2) is 25.0 Å². The normalized spacial score (nSPS) is 17.3. The van der Waals surface area contributed by atoms with Crippen LogP contribution in [0.15, 0.2) is 42.5 Å². The third-order valence-electron chi connectivity index (χ3n) is 3.74. The Morgan fingerprint density at radius 1 is 1.25 bits per heavy atom. The Balaban J connectivity index is 1.85. The second kappa shape index (κ2) is 6.49. The number of halogens is 2. The quantitative estimate of drug-likeness (QED) is 0.862. The molecule has 5 nitrogen and oxygen atoms in total. The first-order valence-corrected chi connectivity index (χ1v) is 7.60. The third-order valence-corrected chi connectivity index (χ3v) is 4.03. The van der Waals surface area contributed by atoms with Crippen LogP contribution in [0.4, 0.5) is 15.8 Å². The van der Waals surface area contributed by atoms with Gasteiger partial charge in [-0.05, 0) is 30.3 Å². The van der Waals surface area contributed by atoms with Crippen LogP contribution < -0.4 is 15.0 Å². The zero-order chi connectivity index (χ0) is 17.3. The van der Waals surface area contributed by atoms with Crippen molar-refractivity contribution in [2.45, 2.75) is 12.5 Å². The van der Waals surface area contributed by atoms with Gasteiger partial charge in [-0.15, -0.1) is 0 Å². The summed E-state index contributed by atoms with van der Waals surface area (Å²) in [5, 5.41) is 2.88. The zero-order valence-corrected chi connectivity index (χ0v) is 13.5. The van der Waals surface area contributed by atoms with Crippen molar-refractivity contribution in [2.24, 2.45) is 0 Å². The van der Waals surface area contributed by atoms with Gasteiger partial charge in [0.15, 0.2) is 0 Å². The molecule has 1 aliphatic heterocycles. The molecule has 1 heterocycles. The van der Waals surface area contributed by atoms with Gasteiger partial charge < -0.3 is 10.1 Å². The molecular formula is C17H14ClFN2O3. The Kier molecular flexibility index (Phi) is 4.40. The van der Waals surface area contributed by atoms with Crippen molar-refractivity contribution in [3.05, 3.63) is 53.3 Å². The van der Waals surface area contributed by atoms with E-state index in [9.17, 15) is 14.0 Å². The van der Waals surface area contributed by atoms with Crippen molar-refractivity contribution >= 4 is 34.8 Å². The number of ether oxygens (including phenoxy) is 1. The average molecular weight is 349 g/mol. The van der Waals surface area contributed by atoms with Crippen molar-refractivity contribution < 1.29 is 18.7 Å². The Bertz CT molecular complexity index is 812. The number of nitrogens with zero attached hydrogens (tertiary/aromatic N) is 1. The van der Waals surface area contributed by atoms with E-state index in [0.29, 0.717) is 11.4 Å². The standard InChI is InChI=1S/C17H14ClFN2O3/c1-24-15-5-3-2-4-13(15)20-14-9-16(22)21(17(14)23)10-6-7-12(19)11(18)8-10/h2-8,14,20H,9H2,1H3/t14-/m1/s1. The molecule has 2 aromatic rings. The van der Waals surface area contributed by atoms with E-state index in [1.165, 1.54) is 19.2 Å². The lowest BCUT2D eigenvalue weighted by molar-refractivity contribution is -0.121. The molecule has 0 spiro atoms. The van der Waals surface area contributed by atoms with Crippen LogP contribution in [0.25, 0.3) is 0 Å². The van der Waals surface area contributed by atoms with Crippen LogP contribution >= 0.6 is 11.6 Å². The van der Waals surface area contributed by atoms with Gasteiger partial charge in [0.25, 0.3) is 5.91 Å². The predicted octanol–water partition coefficient (Wildman–Crippen LogP) is 3.23. The molecule has 0 unspecified atom stereocenters. The lowest BCUT2D eigenvalue weighted by Gasteiger charge is -2.17. The number of nitrogens with one attached hydrogen (secondary N) is 1. The van der Waals surface area contributed by atoms with Crippen molar-refractivity contribution in [3.8, 4) is 5.75 Å². The SMILES string of the molecule is COc1ccccc1N[C@@H]1CC(=O)N(c2ccc(F)c(Cl)c2)C1=O. The molecule has 0 radical (unpaired) electrons. The fourth-order valence-electron chi connectivity index (χ4n) is 2.59. The topological polar surface area (TPSA) is 58.6 Å². The zero-order valence-electron chi connectivity index (χ0n) is 12.8. The minimum Gasteiger partial charge on any atom is -0.495 e. The monoisotopic (exact) mass is 348 g/mol. The molecule has 1 saturated heterocycles. The van der Waals surface area contributed by atoms with E-state index in [-0.39, 0.29) is 23.0 Å². The molecule has 0 bridgehead atoms. The Hall–Kier alpha value is -2.60. The van der Waals surface area contributed by atoms with Gasteiger partial charge in [0.2, 0.25) is 5.91 Å². The van der Waals surface area contributed by atoms with Gasteiger partial charge in [0.05, 0.1) is 29.9 Å². The van der Waals surface area contributed by atoms with E-state index in [4.69, 9.17) is 16.3 Å². The predicted molar refractivity (Wildman–Crippen MR) is 88.9 cm³/mol. The van der Waals surface area contributed by atoms with Crippen LogP contribution in [0.3, 0.4) is 0 Å². The molecular weight excluding hydrogens is 335 g/mol. The largest absolute Gasteiger partial charge is 0.495 e. The number of carbonyl (C=O) groups is 2. The number of rotatable bonds is 4. The van der Waals surface area contributed by atoms with Crippen LogP contribution in [0, 0.1) is 5.82 Å². The van der Waals surface area contributed by atoms with E-state index in [1.807, 2.05) is 0 Å². The van der Waals surface area contributed by atoms with E-state index in [2.05, 4.69) is 5.32 Å². The number of para-hydroxylation sites is 2. The minimum atomic E-state index is -0.724. The molecule has 7 heteroatoms. The molecule has 3 rings (SSSR count). The van der Waals surface area contributed by atoms with Crippen molar-refractivity contribution in [3.63, 3.8) is 0 Å². The number of hydrogen-bond acceptors (Lipinski definition) is 4. The van der Waals surface area contributed by atoms with Crippen molar-refractivity contribution in [1.29, 1.82) is 0 Å². The van der Waals surface area contributed by atoms with E-state index in [0.717, 1.165) is 11.0 Å². The lowest BCUT2D eigenvalue weighted by Crippen LogP contribution is -2.34. The molecule has 0 saturated carbocycles. The third kappa shape index (κ3) is 2.92. The molecule has 124 valence electrons. The van der Waals surface area contributed by atoms with Gasteiger partial charge >= 0.3 is 0 Å². The smallest absolute Gasteiger partial charge is 0.256 e. The highest BCUT2D eigenvalue weighted by atomic mass is 35.5. The van der Waals surface area contributed by atoms with Gasteiger partial charge in [0, 0.05) is 0 Å². The summed E-state index contributed by atoms with van der Waals surface area (Å²) in [5.41, 5.74) is 0.867. The number of methoxy groups -OCH3 is 1. The summed E-state index contributed by atoms with van der Waals surface area (Å²) < 4.78 is 18.5. The fourth-order valence-corrected chi connectivity index (χ4v) is 2.77. The molecule has 2 aromatic carbocycles. The summed E-state index contributed by atoms with van der Waals surface area (Å²) in [6, 6.07) is 10.1. The highest BCUT2D eigenvalue weighted by molar-refractivity contribution is 6.31. The molecule has 2 amide bonds. The highest BCUT2D eigenvalue weighted by Gasteiger charge is 2.40. The summed E-state index contributed by atoms with van der Waals surface area (Å²) in [5.74, 6) is -0.840. The summed E-state index contributed by atoms with van der Waals surface area (Å²) in [7, 11) is 1.52. The number of imide groups is 1. The summed E-state index contributed by atoms with van der Waals surface area (Å²) in [6.07, 6.45) is -0.00806. The maximum Gasteiger partial charge on any atom is 0.256 e. The maximum absolute atomic E-state index is 13.3. The van der Waals surface area contributed by atoms with Crippen LogP contribution in [0.5, 0.6) is 5.75 Å². The molecule has 0 aliphatic carbocycles. The lowest BCUT2D eigenvalue weighted by atomic mass is 10.2. The first kappa shape index (κ1) is 16.3. The Morgan fingerprint density at radius 3 is 2.71 bits per heavy atom.